The molecule has 2 aliphatic heterocycles. The molecular formula is C26H25N3O5S. The molecular weight excluding hydrogens is 466 g/mol. The number of anilines is 2. The zero-order chi connectivity index (χ0) is 24.0. The topological polar surface area (TPSA) is 90.1 Å². The smallest absolute Gasteiger partial charge is 0.412 e. The van der Waals surface area contributed by atoms with Crippen LogP contribution in [-0.4, -0.2) is 48.8 Å². The van der Waals surface area contributed by atoms with Gasteiger partial charge in [-0.1, -0.05) is 36.4 Å². The third-order valence-corrected chi connectivity index (χ3v) is 5.91. The van der Waals surface area contributed by atoms with E-state index < -0.39 is 12.2 Å². The Balaban J connectivity index is 1.09. The Labute approximate surface area is 208 Å². The van der Waals surface area contributed by atoms with Gasteiger partial charge < -0.3 is 29.6 Å². The monoisotopic (exact) mass is 491 g/mol. The quantitative estimate of drug-likeness (QED) is 0.433. The lowest BCUT2D eigenvalue weighted by molar-refractivity contribution is 0.00880. The lowest BCUT2D eigenvalue weighted by atomic mass is 10.1. The number of para-hydroxylation sites is 2. The van der Waals surface area contributed by atoms with Gasteiger partial charge in [0.15, 0.2) is 11.2 Å². The molecule has 180 valence electrons. The Hall–Kier alpha value is -3.66. The molecule has 3 N–H and O–H groups in total. The first-order chi connectivity index (χ1) is 17.1. The third kappa shape index (κ3) is 5.89. The van der Waals surface area contributed by atoms with Crippen LogP contribution in [0.2, 0.25) is 0 Å². The van der Waals surface area contributed by atoms with E-state index in [1.54, 1.807) is 24.3 Å². The van der Waals surface area contributed by atoms with Gasteiger partial charge in [0.25, 0.3) is 0 Å². The summed E-state index contributed by atoms with van der Waals surface area (Å²) in [6.45, 7) is 0.653. The van der Waals surface area contributed by atoms with Crippen LogP contribution in [0.3, 0.4) is 0 Å². The average molecular weight is 492 g/mol. The number of nitrogens with one attached hydrogen (secondary N) is 3. The summed E-state index contributed by atoms with van der Waals surface area (Å²) >= 11 is 5.41. The number of benzene rings is 3. The molecule has 2 aliphatic rings. The summed E-state index contributed by atoms with van der Waals surface area (Å²) in [5.74, 6) is 1.41. The van der Waals surface area contributed by atoms with Gasteiger partial charge in [-0.2, -0.15) is 0 Å². The van der Waals surface area contributed by atoms with Crippen molar-refractivity contribution in [3.63, 3.8) is 0 Å². The van der Waals surface area contributed by atoms with E-state index in [2.05, 4.69) is 16.0 Å². The molecule has 0 aromatic heterocycles. The minimum Gasteiger partial charge on any atom is -0.457 e. The van der Waals surface area contributed by atoms with Crippen LogP contribution < -0.4 is 20.7 Å². The minimum atomic E-state index is -0.572. The molecule has 0 spiro atoms. The van der Waals surface area contributed by atoms with Gasteiger partial charge in [0.1, 0.15) is 23.7 Å². The normalized spacial score (nSPS) is 22.6. The number of carbonyl (C=O) groups excluding carboxylic acids is 1. The van der Waals surface area contributed by atoms with Gasteiger partial charge in [-0.25, -0.2) is 4.79 Å². The molecule has 3 aromatic carbocycles. The van der Waals surface area contributed by atoms with Crippen LogP contribution in [0.1, 0.15) is 0 Å². The van der Waals surface area contributed by atoms with Gasteiger partial charge in [-0.15, -0.1) is 0 Å². The van der Waals surface area contributed by atoms with Crippen LogP contribution in [0.5, 0.6) is 11.5 Å². The summed E-state index contributed by atoms with van der Waals surface area (Å²) in [4.78, 5) is 12.5. The molecule has 9 heteroatoms. The van der Waals surface area contributed by atoms with E-state index in [0.717, 1.165) is 11.4 Å². The summed E-state index contributed by atoms with van der Waals surface area (Å²) < 4.78 is 23.1. The van der Waals surface area contributed by atoms with Crippen molar-refractivity contribution in [2.24, 2.45) is 0 Å². The molecule has 5 rings (SSSR count). The predicted molar refractivity (Wildman–Crippen MR) is 136 cm³/mol. The van der Waals surface area contributed by atoms with E-state index in [1.807, 2.05) is 60.7 Å². The van der Waals surface area contributed by atoms with Crippen LogP contribution in [-0.2, 0) is 14.2 Å². The Morgan fingerprint density at radius 1 is 0.771 bits per heavy atom. The maximum Gasteiger partial charge on any atom is 0.412 e. The fourth-order valence-electron chi connectivity index (χ4n) is 4.06. The van der Waals surface area contributed by atoms with Crippen molar-refractivity contribution < 1.29 is 23.7 Å². The van der Waals surface area contributed by atoms with Crippen molar-refractivity contribution >= 4 is 34.8 Å². The highest BCUT2D eigenvalue weighted by atomic mass is 32.1. The van der Waals surface area contributed by atoms with Crippen molar-refractivity contribution in [3.05, 3.63) is 84.9 Å². The van der Waals surface area contributed by atoms with Crippen molar-refractivity contribution in [1.82, 2.24) is 5.32 Å². The number of rotatable bonds is 6. The Kier molecular flexibility index (Phi) is 7.08. The molecule has 0 saturated carbocycles. The highest BCUT2D eigenvalue weighted by molar-refractivity contribution is 7.80. The molecule has 0 bridgehead atoms. The highest BCUT2D eigenvalue weighted by Crippen LogP contribution is 2.29. The zero-order valence-corrected chi connectivity index (χ0v) is 19.6. The number of amides is 1. The van der Waals surface area contributed by atoms with E-state index in [0.29, 0.717) is 23.2 Å². The molecule has 2 heterocycles. The van der Waals surface area contributed by atoms with Crippen molar-refractivity contribution in [3.8, 4) is 11.5 Å². The fraction of sp³-hybridized carbons (Fsp3) is 0.231. The Bertz CT molecular complexity index is 1150. The third-order valence-electron chi connectivity index (χ3n) is 5.69. The van der Waals surface area contributed by atoms with Gasteiger partial charge in [0, 0.05) is 11.4 Å². The van der Waals surface area contributed by atoms with Crippen molar-refractivity contribution in [1.29, 1.82) is 0 Å². The summed E-state index contributed by atoms with van der Waals surface area (Å²) in [7, 11) is 0. The van der Waals surface area contributed by atoms with Crippen LogP contribution in [0.4, 0.5) is 16.2 Å². The maximum atomic E-state index is 12.5. The first-order valence-electron chi connectivity index (χ1n) is 11.3. The molecule has 4 atom stereocenters. The molecule has 3 aromatic rings. The van der Waals surface area contributed by atoms with Gasteiger partial charge >= 0.3 is 6.09 Å². The van der Waals surface area contributed by atoms with Crippen LogP contribution >= 0.6 is 12.2 Å². The Morgan fingerprint density at radius 2 is 1.40 bits per heavy atom. The number of thiocarbonyl (C=S) groups is 1. The second kappa shape index (κ2) is 10.7. The standard InChI is InChI=1S/C26H25N3O5S/c30-26(28-18-11-13-20(14-12-18)33-19-9-5-2-6-10-19)34-22-16-32-23-21(15-31-24(22)23)29-25(35)27-17-7-3-1-4-8-17/h1-14,21-24H,15-16H2,(H,28,30)(H2,27,29,35). The minimum absolute atomic E-state index is 0.141. The Morgan fingerprint density at radius 3 is 2.14 bits per heavy atom. The fourth-order valence-corrected chi connectivity index (χ4v) is 4.33. The lowest BCUT2D eigenvalue weighted by Crippen LogP contribution is -2.46. The largest absolute Gasteiger partial charge is 0.457 e. The van der Waals surface area contributed by atoms with E-state index in [-0.39, 0.29) is 24.9 Å². The number of hydrogen-bond acceptors (Lipinski definition) is 6. The zero-order valence-electron chi connectivity index (χ0n) is 18.8. The van der Waals surface area contributed by atoms with E-state index in [9.17, 15) is 4.79 Å². The molecule has 0 radical (unpaired) electrons. The van der Waals surface area contributed by atoms with Gasteiger partial charge in [-0.3, -0.25) is 5.32 Å². The summed E-state index contributed by atoms with van der Waals surface area (Å²) in [6, 6.07) is 26.1. The molecule has 2 fully saturated rings. The maximum absolute atomic E-state index is 12.5. The van der Waals surface area contributed by atoms with Crippen LogP contribution in [0.25, 0.3) is 0 Å². The number of ether oxygens (including phenoxy) is 4. The second-order valence-electron chi connectivity index (χ2n) is 8.18. The van der Waals surface area contributed by atoms with Crippen LogP contribution in [0, 0.1) is 0 Å². The highest BCUT2D eigenvalue weighted by Gasteiger charge is 2.49. The molecule has 4 unspecified atom stereocenters. The average Bonchev–Trinajstić information content (AvgIpc) is 3.45. The summed E-state index contributed by atoms with van der Waals surface area (Å²) in [6.07, 6.45) is -1.71. The van der Waals surface area contributed by atoms with Crippen LogP contribution in [0.15, 0.2) is 84.9 Å². The van der Waals surface area contributed by atoms with E-state index >= 15 is 0 Å². The molecule has 1 amide bonds. The van der Waals surface area contributed by atoms with Gasteiger partial charge in [0.2, 0.25) is 0 Å². The van der Waals surface area contributed by atoms with E-state index in [1.165, 1.54) is 0 Å². The predicted octanol–water partition coefficient (Wildman–Crippen LogP) is 4.55. The molecule has 8 nitrogen and oxygen atoms in total. The van der Waals surface area contributed by atoms with Gasteiger partial charge in [0.05, 0.1) is 19.3 Å². The van der Waals surface area contributed by atoms with E-state index in [4.69, 9.17) is 31.2 Å². The number of hydrogen-bond donors (Lipinski definition) is 3. The second-order valence-corrected chi connectivity index (χ2v) is 8.58. The summed E-state index contributed by atoms with van der Waals surface area (Å²) in [5.41, 5.74) is 1.49. The summed E-state index contributed by atoms with van der Waals surface area (Å²) in [5, 5.41) is 9.60. The SMILES string of the molecule is O=C(Nc1ccc(Oc2ccccc2)cc1)OC1COC2C(NC(=S)Nc3ccccc3)COC12. The first kappa shape index (κ1) is 23.1. The lowest BCUT2D eigenvalue weighted by Gasteiger charge is -2.20. The molecule has 35 heavy (non-hydrogen) atoms. The molecule has 0 aliphatic carbocycles. The number of fused-ring (bicyclic) bond motifs is 1. The number of carbonyl (C=O) groups is 1. The van der Waals surface area contributed by atoms with Crippen molar-refractivity contribution in [2.75, 3.05) is 23.8 Å². The first-order valence-corrected chi connectivity index (χ1v) is 11.7. The van der Waals surface area contributed by atoms with Crippen molar-refractivity contribution in [2.45, 2.75) is 24.4 Å². The van der Waals surface area contributed by atoms with Gasteiger partial charge in [-0.05, 0) is 60.7 Å². The molecule has 2 saturated heterocycles.